The maximum absolute atomic E-state index is 12.8. The number of carbonyl (C=O) groups is 3. The number of ether oxygens (including phenoxy) is 3. The van der Waals surface area contributed by atoms with Crippen LogP contribution in [0.25, 0.3) is 0 Å². The minimum atomic E-state index is -1.49. The third-order valence-electron chi connectivity index (χ3n) is 4.16. The van der Waals surface area contributed by atoms with Gasteiger partial charge in [-0.2, -0.15) is 0 Å². The highest BCUT2D eigenvalue weighted by Gasteiger charge is 2.63. The van der Waals surface area contributed by atoms with Crippen LogP contribution < -0.4 is 5.32 Å². The average molecular weight is 370 g/mol. The van der Waals surface area contributed by atoms with Crippen molar-refractivity contribution in [1.29, 1.82) is 0 Å². The van der Waals surface area contributed by atoms with Crippen LogP contribution in [0.4, 0.5) is 4.79 Å². The molecule has 0 bridgehead atoms. The zero-order valence-corrected chi connectivity index (χ0v) is 15.8. The number of hydrogen-bond donors (Lipinski definition) is 1. The zero-order chi connectivity index (χ0) is 19.5. The van der Waals surface area contributed by atoms with Crippen LogP contribution in [-0.4, -0.2) is 54.2 Å². The summed E-state index contributed by atoms with van der Waals surface area (Å²) in [6, 6.07) is 0. The molecule has 0 aromatic heterocycles. The second-order valence-corrected chi connectivity index (χ2v) is 7.18. The highest BCUT2D eigenvalue weighted by atomic mass is 16.7. The summed E-state index contributed by atoms with van der Waals surface area (Å²) in [6.45, 7) is 8.75. The Kier molecular flexibility index (Phi) is 5.77. The molecule has 2 rings (SSSR count). The molecule has 0 spiro atoms. The van der Waals surface area contributed by atoms with Crippen molar-refractivity contribution in [3.05, 3.63) is 0 Å². The van der Waals surface area contributed by atoms with E-state index in [0.29, 0.717) is 6.42 Å². The van der Waals surface area contributed by atoms with E-state index in [2.05, 4.69) is 10.5 Å². The van der Waals surface area contributed by atoms with Crippen LogP contribution in [0.3, 0.4) is 0 Å². The summed E-state index contributed by atoms with van der Waals surface area (Å²) in [7, 11) is 0. The van der Waals surface area contributed by atoms with Crippen LogP contribution in [0.1, 0.15) is 47.5 Å². The number of nitrogens with zero attached hydrogens (tertiary/aromatic N) is 1. The highest BCUT2D eigenvalue weighted by molar-refractivity contribution is 6.38. The third-order valence-corrected chi connectivity index (χ3v) is 4.16. The van der Waals surface area contributed by atoms with Crippen molar-refractivity contribution in [2.24, 2.45) is 11.1 Å². The Labute approximate surface area is 152 Å². The SMILES string of the molecule is CCOC(=O)C1=NO[C@H]2CC[C@@](NC(=O)OC(C)(C)C)(C(=O)OCC)[C@@H]12. The first kappa shape index (κ1) is 20.0. The fraction of sp³-hybridized carbons (Fsp3) is 0.765. The quantitative estimate of drug-likeness (QED) is 0.577. The molecule has 1 heterocycles. The van der Waals surface area contributed by atoms with Gasteiger partial charge in [0.05, 0.1) is 19.1 Å². The van der Waals surface area contributed by atoms with Gasteiger partial charge in [0.1, 0.15) is 11.7 Å². The molecule has 2 aliphatic rings. The minimum absolute atomic E-state index is 0.0292. The largest absolute Gasteiger partial charge is 0.464 e. The molecule has 9 nitrogen and oxygen atoms in total. The van der Waals surface area contributed by atoms with Gasteiger partial charge in [0, 0.05) is 0 Å². The molecule has 1 saturated carbocycles. The molecule has 26 heavy (non-hydrogen) atoms. The van der Waals surface area contributed by atoms with Crippen molar-refractivity contribution in [2.75, 3.05) is 13.2 Å². The Hall–Kier alpha value is -2.32. The molecule has 0 saturated heterocycles. The van der Waals surface area contributed by atoms with E-state index >= 15 is 0 Å². The van der Waals surface area contributed by atoms with Gasteiger partial charge in [0.2, 0.25) is 0 Å². The van der Waals surface area contributed by atoms with Gasteiger partial charge in [0.25, 0.3) is 0 Å². The Bertz CT molecular complexity index is 611. The van der Waals surface area contributed by atoms with Crippen LogP contribution in [-0.2, 0) is 28.6 Å². The van der Waals surface area contributed by atoms with E-state index in [1.54, 1.807) is 34.6 Å². The lowest BCUT2D eigenvalue weighted by atomic mass is 9.82. The summed E-state index contributed by atoms with van der Waals surface area (Å²) in [5.74, 6) is -2.13. The summed E-state index contributed by atoms with van der Waals surface area (Å²) in [5.41, 5.74) is -2.27. The fourth-order valence-corrected chi connectivity index (χ4v) is 3.25. The van der Waals surface area contributed by atoms with Crippen LogP contribution >= 0.6 is 0 Å². The smallest absolute Gasteiger partial charge is 0.408 e. The summed E-state index contributed by atoms with van der Waals surface area (Å²) in [5, 5.41) is 6.43. The van der Waals surface area contributed by atoms with E-state index in [1.165, 1.54) is 0 Å². The number of hydrogen-bond acceptors (Lipinski definition) is 8. The maximum Gasteiger partial charge on any atom is 0.408 e. The second kappa shape index (κ2) is 7.51. The predicted octanol–water partition coefficient (Wildman–Crippen LogP) is 1.54. The van der Waals surface area contributed by atoms with E-state index in [9.17, 15) is 14.4 Å². The Balaban J connectivity index is 2.34. The molecule has 1 N–H and O–H groups in total. The number of amides is 1. The van der Waals surface area contributed by atoms with E-state index in [4.69, 9.17) is 19.0 Å². The van der Waals surface area contributed by atoms with Gasteiger partial charge < -0.3 is 24.4 Å². The first-order valence-electron chi connectivity index (χ1n) is 8.73. The molecule has 0 unspecified atom stereocenters. The topological polar surface area (TPSA) is 113 Å². The molecule has 146 valence electrons. The third kappa shape index (κ3) is 3.91. The summed E-state index contributed by atoms with van der Waals surface area (Å²) >= 11 is 0. The van der Waals surface area contributed by atoms with Crippen molar-refractivity contribution >= 4 is 23.7 Å². The van der Waals surface area contributed by atoms with Crippen molar-refractivity contribution in [1.82, 2.24) is 5.32 Å². The Morgan fingerprint density at radius 1 is 1.23 bits per heavy atom. The van der Waals surface area contributed by atoms with Crippen molar-refractivity contribution in [2.45, 2.75) is 64.7 Å². The van der Waals surface area contributed by atoms with Crippen molar-refractivity contribution in [3.63, 3.8) is 0 Å². The van der Waals surface area contributed by atoms with E-state index in [1.807, 2.05) is 0 Å². The monoisotopic (exact) mass is 370 g/mol. The van der Waals surface area contributed by atoms with Gasteiger partial charge >= 0.3 is 18.0 Å². The van der Waals surface area contributed by atoms with Crippen LogP contribution in [0, 0.1) is 5.92 Å². The first-order valence-corrected chi connectivity index (χ1v) is 8.73. The summed E-state index contributed by atoms with van der Waals surface area (Å²) < 4.78 is 15.5. The van der Waals surface area contributed by atoms with E-state index in [-0.39, 0.29) is 25.3 Å². The van der Waals surface area contributed by atoms with Gasteiger partial charge in [-0.1, -0.05) is 5.16 Å². The molecule has 9 heteroatoms. The lowest BCUT2D eigenvalue weighted by Crippen LogP contribution is -2.61. The molecule has 3 atom stereocenters. The highest BCUT2D eigenvalue weighted by Crippen LogP contribution is 2.43. The number of esters is 2. The minimum Gasteiger partial charge on any atom is -0.464 e. The first-order chi connectivity index (χ1) is 12.1. The van der Waals surface area contributed by atoms with Gasteiger partial charge in [-0.05, 0) is 47.5 Å². The Morgan fingerprint density at radius 2 is 1.88 bits per heavy atom. The Morgan fingerprint density at radius 3 is 2.46 bits per heavy atom. The van der Waals surface area contributed by atoms with Crippen LogP contribution in [0.2, 0.25) is 0 Å². The number of nitrogens with one attached hydrogen (secondary N) is 1. The maximum atomic E-state index is 12.8. The van der Waals surface area contributed by atoms with Crippen molar-refractivity contribution in [3.8, 4) is 0 Å². The van der Waals surface area contributed by atoms with Crippen molar-refractivity contribution < 1.29 is 33.4 Å². The predicted molar refractivity (Wildman–Crippen MR) is 90.4 cm³/mol. The number of oxime groups is 1. The molecular formula is C17H26N2O7. The molecule has 1 amide bonds. The molecular weight excluding hydrogens is 344 g/mol. The number of fused-ring (bicyclic) bond motifs is 1. The molecule has 1 fully saturated rings. The van der Waals surface area contributed by atoms with Gasteiger partial charge in [-0.3, -0.25) is 0 Å². The van der Waals surface area contributed by atoms with Gasteiger partial charge in [-0.25, -0.2) is 14.4 Å². The molecule has 1 aliphatic heterocycles. The van der Waals surface area contributed by atoms with Gasteiger partial charge in [-0.15, -0.1) is 0 Å². The number of alkyl carbamates (subject to hydrolysis) is 1. The van der Waals surface area contributed by atoms with Crippen LogP contribution in [0.5, 0.6) is 0 Å². The zero-order valence-electron chi connectivity index (χ0n) is 15.8. The molecule has 0 aromatic carbocycles. The summed E-state index contributed by atoms with van der Waals surface area (Å²) in [6.07, 6.45) is -0.639. The number of rotatable bonds is 5. The van der Waals surface area contributed by atoms with E-state index < -0.39 is 41.2 Å². The second-order valence-electron chi connectivity index (χ2n) is 7.18. The van der Waals surface area contributed by atoms with Gasteiger partial charge in [0.15, 0.2) is 11.3 Å². The summed E-state index contributed by atoms with van der Waals surface area (Å²) in [4.78, 5) is 42.7. The average Bonchev–Trinajstić information content (AvgIpc) is 3.08. The molecule has 0 aromatic rings. The number of carbonyl (C=O) groups excluding carboxylic acids is 3. The fourth-order valence-electron chi connectivity index (χ4n) is 3.25. The molecule has 0 radical (unpaired) electrons. The normalized spacial score (nSPS) is 27.0. The lowest BCUT2D eigenvalue weighted by molar-refractivity contribution is -0.152. The standard InChI is InChI=1S/C17H26N2O7/c1-6-23-13(20)12-11-10(26-19-12)8-9-17(11,14(21)24-7-2)18-15(22)25-16(3,4)5/h10-11H,6-9H2,1-5H3,(H,18,22)/t10-,11+,17-/m0/s1. The van der Waals surface area contributed by atoms with Crippen LogP contribution in [0.15, 0.2) is 5.16 Å². The lowest BCUT2D eigenvalue weighted by Gasteiger charge is -2.33. The molecule has 1 aliphatic carbocycles. The van der Waals surface area contributed by atoms with E-state index in [0.717, 1.165) is 0 Å².